The number of rotatable bonds is 3. The smallest absolute Gasteiger partial charge is 0.0406 e. The molecule has 0 bridgehead atoms. The minimum absolute atomic E-state index is 0.772. The highest BCUT2D eigenvalue weighted by molar-refractivity contribution is 7.99. The summed E-state index contributed by atoms with van der Waals surface area (Å²) >= 11 is 7.89. The van der Waals surface area contributed by atoms with Crippen LogP contribution in [0.3, 0.4) is 0 Å². The number of hydrogen-bond acceptors (Lipinski definition) is 1. The summed E-state index contributed by atoms with van der Waals surface area (Å²) in [6, 6.07) is 8.05. The Morgan fingerprint density at radius 2 is 1.76 bits per heavy atom. The van der Waals surface area contributed by atoms with Gasteiger partial charge in [0.25, 0.3) is 0 Å². The fourth-order valence-electron chi connectivity index (χ4n) is 2.34. The van der Waals surface area contributed by atoms with Gasteiger partial charge in [0, 0.05) is 10.3 Å². The number of thioether (sulfide) groups is 1. The first-order chi connectivity index (χ1) is 8.28. The Kier molecular flexibility index (Phi) is 4.99. The van der Waals surface area contributed by atoms with Crippen molar-refractivity contribution in [2.75, 3.05) is 6.26 Å². The Labute approximate surface area is 113 Å². The second-order valence-electron chi connectivity index (χ2n) is 4.68. The van der Waals surface area contributed by atoms with Crippen LogP contribution in [0.4, 0.5) is 0 Å². The van der Waals surface area contributed by atoms with E-state index in [9.17, 15) is 0 Å². The van der Waals surface area contributed by atoms with Gasteiger partial charge in [-0.1, -0.05) is 35.9 Å². The minimum atomic E-state index is 0.772. The maximum absolute atomic E-state index is 5.87. The molecule has 0 spiro atoms. The zero-order chi connectivity index (χ0) is 12.1. The van der Waals surface area contributed by atoms with Crippen molar-refractivity contribution in [1.82, 2.24) is 0 Å². The third kappa shape index (κ3) is 4.08. The standard InChI is InChI=1S/C15H19ClS/c1-17-15-10-6-13(7-11-15)3-2-12-4-8-14(16)9-5-12/h2-5,8-9,13,15H,6-7,10-11H2,1H3/b3-2+. The van der Waals surface area contributed by atoms with Crippen LogP contribution in [-0.4, -0.2) is 11.5 Å². The highest BCUT2D eigenvalue weighted by Crippen LogP contribution is 2.31. The SMILES string of the molecule is CSC1CCC(/C=C/c2ccc(Cl)cc2)CC1. The maximum Gasteiger partial charge on any atom is 0.0406 e. The molecule has 17 heavy (non-hydrogen) atoms. The van der Waals surface area contributed by atoms with Crippen LogP contribution in [0.15, 0.2) is 30.3 Å². The molecule has 92 valence electrons. The summed E-state index contributed by atoms with van der Waals surface area (Å²) in [5.41, 5.74) is 1.25. The molecule has 0 atom stereocenters. The average molecular weight is 267 g/mol. The Hall–Kier alpha value is -0.400. The van der Waals surface area contributed by atoms with Crippen molar-refractivity contribution in [1.29, 1.82) is 0 Å². The van der Waals surface area contributed by atoms with E-state index in [0.717, 1.165) is 16.2 Å². The maximum atomic E-state index is 5.87. The van der Waals surface area contributed by atoms with Crippen LogP contribution in [-0.2, 0) is 0 Å². The summed E-state index contributed by atoms with van der Waals surface area (Å²) in [6.07, 6.45) is 12.3. The van der Waals surface area contributed by atoms with Gasteiger partial charge >= 0.3 is 0 Å². The van der Waals surface area contributed by atoms with Crippen LogP contribution in [0.5, 0.6) is 0 Å². The molecular weight excluding hydrogens is 248 g/mol. The molecule has 0 amide bonds. The molecule has 0 heterocycles. The largest absolute Gasteiger partial charge is 0.162 e. The molecule has 0 saturated heterocycles. The normalized spacial score (nSPS) is 25.3. The molecule has 1 aliphatic rings. The van der Waals surface area contributed by atoms with Crippen molar-refractivity contribution in [2.24, 2.45) is 5.92 Å². The quantitative estimate of drug-likeness (QED) is 0.718. The molecule has 2 rings (SSSR count). The van der Waals surface area contributed by atoms with Gasteiger partial charge in [0.1, 0.15) is 0 Å². The van der Waals surface area contributed by atoms with Crippen molar-refractivity contribution in [3.63, 3.8) is 0 Å². The number of allylic oxidation sites excluding steroid dienone is 1. The molecule has 1 fully saturated rings. The summed E-state index contributed by atoms with van der Waals surface area (Å²) in [6.45, 7) is 0. The zero-order valence-corrected chi connectivity index (χ0v) is 11.8. The van der Waals surface area contributed by atoms with Gasteiger partial charge < -0.3 is 0 Å². The van der Waals surface area contributed by atoms with Crippen molar-refractivity contribution in [3.05, 3.63) is 40.9 Å². The molecule has 1 saturated carbocycles. The summed E-state index contributed by atoms with van der Waals surface area (Å²) < 4.78 is 0. The topological polar surface area (TPSA) is 0 Å². The first kappa shape index (κ1) is 13.0. The lowest BCUT2D eigenvalue weighted by Gasteiger charge is -2.25. The van der Waals surface area contributed by atoms with Crippen LogP contribution < -0.4 is 0 Å². The first-order valence-electron chi connectivity index (χ1n) is 6.24. The minimum Gasteiger partial charge on any atom is -0.162 e. The molecule has 0 unspecified atom stereocenters. The predicted molar refractivity (Wildman–Crippen MR) is 79.7 cm³/mol. The van der Waals surface area contributed by atoms with E-state index in [-0.39, 0.29) is 0 Å². The Bertz CT molecular complexity index is 361. The first-order valence-corrected chi connectivity index (χ1v) is 7.91. The monoisotopic (exact) mass is 266 g/mol. The van der Waals surface area contributed by atoms with Gasteiger partial charge in [-0.25, -0.2) is 0 Å². The zero-order valence-electron chi connectivity index (χ0n) is 10.2. The van der Waals surface area contributed by atoms with Gasteiger partial charge in [0.15, 0.2) is 0 Å². The van der Waals surface area contributed by atoms with E-state index < -0.39 is 0 Å². The average Bonchev–Trinajstić information content (AvgIpc) is 2.39. The van der Waals surface area contributed by atoms with Crippen molar-refractivity contribution < 1.29 is 0 Å². The van der Waals surface area contributed by atoms with Gasteiger partial charge in [0.05, 0.1) is 0 Å². The van der Waals surface area contributed by atoms with Crippen LogP contribution in [0.2, 0.25) is 5.02 Å². The van der Waals surface area contributed by atoms with Gasteiger partial charge in [-0.3, -0.25) is 0 Å². The van der Waals surface area contributed by atoms with Crippen LogP contribution >= 0.6 is 23.4 Å². The molecule has 1 aromatic rings. The molecule has 0 N–H and O–H groups in total. The fourth-order valence-corrected chi connectivity index (χ4v) is 3.21. The van der Waals surface area contributed by atoms with Crippen molar-refractivity contribution in [2.45, 2.75) is 30.9 Å². The molecule has 0 aromatic heterocycles. The number of halogens is 1. The van der Waals surface area contributed by atoms with E-state index in [1.165, 1.54) is 31.2 Å². The third-order valence-corrected chi connectivity index (χ3v) is 4.87. The molecule has 2 heteroatoms. The number of benzene rings is 1. The molecule has 0 nitrogen and oxygen atoms in total. The fraction of sp³-hybridized carbons (Fsp3) is 0.467. The molecule has 1 aliphatic carbocycles. The molecule has 1 aromatic carbocycles. The summed E-state index contributed by atoms with van der Waals surface area (Å²) in [5, 5.41) is 1.71. The summed E-state index contributed by atoms with van der Waals surface area (Å²) in [5.74, 6) is 0.772. The number of hydrogen-bond donors (Lipinski definition) is 0. The summed E-state index contributed by atoms with van der Waals surface area (Å²) in [4.78, 5) is 0. The van der Waals surface area contributed by atoms with E-state index in [0.29, 0.717) is 0 Å². The second kappa shape index (κ2) is 6.51. The van der Waals surface area contributed by atoms with Crippen molar-refractivity contribution >= 4 is 29.4 Å². The lowest BCUT2D eigenvalue weighted by atomic mass is 9.88. The molecule has 0 aliphatic heterocycles. The molecule has 0 radical (unpaired) electrons. The summed E-state index contributed by atoms with van der Waals surface area (Å²) in [7, 11) is 0. The van der Waals surface area contributed by atoms with E-state index in [1.54, 1.807) is 0 Å². The second-order valence-corrected chi connectivity index (χ2v) is 6.26. The van der Waals surface area contributed by atoms with E-state index in [2.05, 4.69) is 30.5 Å². The van der Waals surface area contributed by atoms with E-state index in [4.69, 9.17) is 11.6 Å². The van der Waals surface area contributed by atoms with E-state index in [1.807, 2.05) is 23.9 Å². The highest BCUT2D eigenvalue weighted by Gasteiger charge is 2.18. The van der Waals surface area contributed by atoms with Crippen LogP contribution in [0.25, 0.3) is 6.08 Å². The molecular formula is C15H19ClS. The van der Waals surface area contributed by atoms with Gasteiger partial charge in [0.2, 0.25) is 0 Å². The lowest BCUT2D eigenvalue weighted by Crippen LogP contribution is -2.14. The Morgan fingerprint density at radius 1 is 1.12 bits per heavy atom. The predicted octanol–water partition coefficient (Wildman–Crippen LogP) is 5.28. The Balaban J connectivity index is 1.87. The van der Waals surface area contributed by atoms with Crippen LogP contribution in [0, 0.1) is 5.92 Å². The highest BCUT2D eigenvalue weighted by atomic mass is 35.5. The van der Waals surface area contributed by atoms with Crippen molar-refractivity contribution in [3.8, 4) is 0 Å². The Morgan fingerprint density at radius 3 is 2.35 bits per heavy atom. The lowest BCUT2D eigenvalue weighted by molar-refractivity contribution is 0.430. The van der Waals surface area contributed by atoms with Gasteiger partial charge in [-0.15, -0.1) is 0 Å². The van der Waals surface area contributed by atoms with E-state index >= 15 is 0 Å². The van der Waals surface area contributed by atoms with Gasteiger partial charge in [-0.05, 0) is 55.6 Å². The van der Waals surface area contributed by atoms with Gasteiger partial charge in [-0.2, -0.15) is 11.8 Å². The third-order valence-electron chi connectivity index (χ3n) is 3.48. The van der Waals surface area contributed by atoms with Crippen LogP contribution in [0.1, 0.15) is 31.2 Å².